The Balaban J connectivity index is 1.21. The number of hydrogen-bond acceptors (Lipinski definition) is 17. The van der Waals surface area contributed by atoms with Crippen molar-refractivity contribution >= 4 is 49.3 Å². The summed E-state index contributed by atoms with van der Waals surface area (Å²) in [6, 6.07) is 4.49. The van der Waals surface area contributed by atoms with Gasteiger partial charge in [0.25, 0.3) is 11.1 Å². The van der Waals surface area contributed by atoms with Crippen molar-refractivity contribution in [1.82, 2.24) is 29.1 Å². The van der Waals surface area contributed by atoms with Crippen molar-refractivity contribution in [2.45, 2.75) is 49.1 Å². The lowest BCUT2D eigenvalue weighted by Crippen LogP contribution is -2.37. The molecule has 7 rings (SSSR count). The van der Waals surface area contributed by atoms with Gasteiger partial charge in [-0.15, -0.1) is 0 Å². The van der Waals surface area contributed by atoms with Gasteiger partial charge in [0.1, 0.15) is 48.5 Å². The number of phosphoric ester groups is 2. The summed E-state index contributed by atoms with van der Waals surface area (Å²) in [6.07, 6.45) is -11.2. The molecule has 4 aromatic rings. The van der Waals surface area contributed by atoms with Gasteiger partial charge in [0, 0.05) is 0 Å². The van der Waals surface area contributed by atoms with Crippen molar-refractivity contribution in [3.63, 3.8) is 0 Å². The maximum absolute atomic E-state index is 13.3. The summed E-state index contributed by atoms with van der Waals surface area (Å²) in [7, 11) is -10.3. The fourth-order valence-corrected chi connectivity index (χ4v) is 7.51. The Labute approximate surface area is 260 Å². The van der Waals surface area contributed by atoms with Gasteiger partial charge in [-0.1, -0.05) is 6.07 Å². The van der Waals surface area contributed by atoms with Gasteiger partial charge in [0.05, 0.1) is 30.6 Å². The Morgan fingerprint density at radius 1 is 0.851 bits per heavy atom. The molecule has 2 unspecified atom stereocenters. The summed E-state index contributed by atoms with van der Waals surface area (Å²) >= 11 is 0. The Hall–Kier alpha value is -3.63. The second-order valence-corrected chi connectivity index (χ2v) is 13.6. The van der Waals surface area contributed by atoms with Crippen LogP contribution in [0.5, 0.6) is 0 Å². The highest BCUT2D eigenvalue weighted by molar-refractivity contribution is 7.47. The van der Waals surface area contributed by atoms with E-state index in [4.69, 9.17) is 39.0 Å². The van der Waals surface area contributed by atoms with E-state index < -0.39 is 89.1 Å². The predicted octanol–water partition coefficient (Wildman–Crippen LogP) is -1.77. The molecule has 0 amide bonds. The quantitative estimate of drug-likeness (QED) is 0.0898. The third kappa shape index (κ3) is 5.67. The number of aliphatic hydroxyl groups is 2. The maximum atomic E-state index is 13.3. The van der Waals surface area contributed by atoms with Crippen molar-refractivity contribution in [3.8, 4) is 0 Å². The minimum atomic E-state index is -5.17. The van der Waals surface area contributed by atoms with E-state index in [1.54, 1.807) is 0 Å². The summed E-state index contributed by atoms with van der Waals surface area (Å²) in [5.74, 6) is -0.297. The molecule has 0 saturated carbocycles. The van der Waals surface area contributed by atoms with Crippen molar-refractivity contribution in [3.05, 3.63) is 51.6 Å². The fraction of sp³-hybridized carbons (Fsp3) is 0.435. The van der Waals surface area contributed by atoms with Gasteiger partial charge < -0.3 is 40.9 Å². The molecule has 3 aromatic heterocycles. The van der Waals surface area contributed by atoms with E-state index in [0.29, 0.717) is 0 Å². The van der Waals surface area contributed by atoms with Crippen LogP contribution in [0.1, 0.15) is 12.5 Å². The number of para-hydroxylation sites is 1. The van der Waals surface area contributed by atoms with Crippen LogP contribution >= 0.6 is 15.6 Å². The first kappa shape index (κ1) is 31.9. The number of phosphoric acid groups is 2. The first-order valence-electron chi connectivity index (χ1n) is 13.7. The molecule has 10 atom stereocenters. The highest BCUT2D eigenvalue weighted by Gasteiger charge is 2.54. The van der Waals surface area contributed by atoms with E-state index >= 15 is 0 Å². The minimum absolute atomic E-state index is 0.0729. The third-order valence-electron chi connectivity index (χ3n) is 7.78. The molecular weight excluding hydrogens is 674 g/mol. The van der Waals surface area contributed by atoms with Crippen LogP contribution in [-0.4, -0.2) is 98.9 Å². The molecule has 3 aliphatic heterocycles. The number of aromatic nitrogens is 6. The lowest BCUT2D eigenvalue weighted by Gasteiger charge is -2.25. The number of H-pyrrole nitrogens is 1. The van der Waals surface area contributed by atoms with E-state index in [2.05, 4.69) is 19.9 Å². The van der Waals surface area contributed by atoms with Crippen LogP contribution in [0.3, 0.4) is 0 Å². The normalized spacial score (nSPS) is 36.5. The van der Waals surface area contributed by atoms with Gasteiger partial charge >= 0.3 is 15.6 Å². The molecular formula is C23H26N8O14P2. The van der Waals surface area contributed by atoms with Gasteiger partial charge in [0.2, 0.25) is 5.95 Å². The molecule has 2 bridgehead atoms. The number of hydrogen-bond donors (Lipinski definition) is 7. The summed E-state index contributed by atoms with van der Waals surface area (Å²) in [5.41, 5.74) is 10.2. The number of nitrogens with two attached hydrogens (primary N) is 2. The van der Waals surface area contributed by atoms with Gasteiger partial charge in [-0.3, -0.25) is 41.8 Å². The van der Waals surface area contributed by atoms with Crippen LogP contribution in [0.15, 0.2) is 40.4 Å². The number of aliphatic hydroxyl groups excluding tert-OH is 2. The number of imidazole rings is 1. The molecule has 3 aliphatic rings. The molecule has 24 heteroatoms. The topological polar surface area (TPSA) is 321 Å². The van der Waals surface area contributed by atoms with Gasteiger partial charge in [0.15, 0.2) is 23.6 Å². The standard InChI is InChI=1S/C23H26N8O14P2/c24-9-3-1-2-8-12(9)26-7-31(20(8)35)21-15(33)16-11(43-21)5-41-47(38,39)45-17-14(32)10(4-40-46(36,37)44-16)42-22(17)30-6-27-13-18(30)28-23(25)29-19(13)34/h1-3,6-7,10-11,14-17,21-22,32-33H,4-5,24H2,(H,36,37)(H,38,39)(H3,25,28,29,34)/t10-,11-,14-,15-,16-,17-,21-,22-/m1/s1. The smallest absolute Gasteiger partial charge is 0.397 e. The van der Waals surface area contributed by atoms with E-state index in [1.807, 2.05) is 0 Å². The summed E-state index contributed by atoms with van der Waals surface area (Å²) in [4.78, 5) is 61.2. The predicted molar refractivity (Wildman–Crippen MR) is 154 cm³/mol. The molecule has 0 radical (unpaired) electrons. The minimum Gasteiger partial charge on any atom is -0.397 e. The molecule has 22 nitrogen and oxygen atoms in total. The molecule has 1 aromatic carbocycles. The summed E-state index contributed by atoms with van der Waals surface area (Å²) < 4.78 is 60.6. The highest BCUT2D eigenvalue weighted by atomic mass is 31.2. The average Bonchev–Trinajstić information content (AvgIpc) is 3.65. The first-order valence-corrected chi connectivity index (χ1v) is 16.7. The van der Waals surface area contributed by atoms with Gasteiger partial charge in [-0.25, -0.2) is 19.1 Å². The monoisotopic (exact) mass is 700 g/mol. The lowest BCUT2D eigenvalue weighted by atomic mass is 10.1. The zero-order valence-corrected chi connectivity index (χ0v) is 25.4. The average molecular weight is 700 g/mol. The van der Waals surface area contributed by atoms with Crippen LogP contribution in [0, 0.1) is 0 Å². The number of ether oxygens (including phenoxy) is 2. The van der Waals surface area contributed by atoms with Crippen LogP contribution < -0.4 is 22.6 Å². The highest BCUT2D eigenvalue weighted by Crippen LogP contribution is 2.53. The van der Waals surface area contributed by atoms with Crippen molar-refractivity contribution < 1.29 is 56.7 Å². The molecule has 0 aliphatic carbocycles. The number of fused-ring (bicyclic) bond motifs is 5. The molecule has 252 valence electrons. The van der Waals surface area contributed by atoms with Crippen LogP contribution in [0.2, 0.25) is 0 Å². The zero-order chi connectivity index (χ0) is 33.4. The Kier molecular flexibility index (Phi) is 7.82. The number of benzene rings is 1. The lowest BCUT2D eigenvalue weighted by molar-refractivity contribution is -0.0681. The molecule has 3 fully saturated rings. The van der Waals surface area contributed by atoms with Gasteiger partial charge in [-0.2, -0.15) is 4.98 Å². The zero-order valence-electron chi connectivity index (χ0n) is 23.6. The Morgan fingerprint density at radius 3 is 2.23 bits per heavy atom. The number of nitrogens with zero attached hydrogens (tertiary/aromatic N) is 5. The van der Waals surface area contributed by atoms with Crippen LogP contribution in [-0.2, 0) is 36.7 Å². The number of aromatic amines is 1. The number of rotatable bonds is 2. The summed E-state index contributed by atoms with van der Waals surface area (Å²) in [5, 5.41) is 22.2. The second kappa shape index (κ2) is 11.5. The van der Waals surface area contributed by atoms with Crippen molar-refractivity contribution in [1.29, 1.82) is 0 Å². The third-order valence-corrected chi connectivity index (χ3v) is 9.75. The number of anilines is 2. The molecule has 0 spiro atoms. The fourth-order valence-electron chi connectivity index (χ4n) is 5.61. The first-order chi connectivity index (χ1) is 22.2. The van der Waals surface area contributed by atoms with E-state index in [-0.39, 0.29) is 33.7 Å². The number of nitrogens with one attached hydrogen (secondary N) is 1. The Morgan fingerprint density at radius 2 is 1.49 bits per heavy atom. The summed E-state index contributed by atoms with van der Waals surface area (Å²) in [6.45, 7) is -1.76. The van der Waals surface area contributed by atoms with Gasteiger partial charge in [-0.05, 0) is 12.1 Å². The molecule has 3 saturated heterocycles. The van der Waals surface area contributed by atoms with Crippen molar-refractivity contribution in [2.24, 2.45) is 0 Å². The van der Waals surface area contributed by atoms with E-state index in [1.165, 1.54) is 18.2 Å². The van der Waals surface area contributed by atoms with E-state index in [0.717, 1.165) is 21.8 Å². The largest absolute Gasteiger partial charge is 0.472 e. The van der Waals surface area contributed by atoms with E-state index in [9.17, 15) is 38.7 Å². The molecule has 47 heavy (non-hydrogen) atoms. The molecule has 9 N–H and O–H groups in total. The van der Waals surface area contributed by atoms with Crippen LogP contribution in [0.25, 0.3) is 22.1 Å². The number of nitrogen functional groups attached to an aromatic ring is 2. The van der Waals surface area contributed by atoms with Crippen LogP contribution in [0.4, 0.5) is 11.6 Å². The Bertz CT molecular complexity index is 2090. The second-order valence-electron chi connectivity index (χ2n) is 10.8. The SMILES string of the molecule is Nc1nc2c(ncn2[C@@H]2O[C@@H]3COP(=O)(O)O[C@H]4[C@@H](O)[C@H](n5cnc6c(N)cccc6c5=O)O[C@@H]4COP(=O)(O)O[C@@H]2[C@@H]3O)c(=O)[nH]1. The van der Waals surface area contributed by atoms with Crippen molar-refractivity contribution in [2.75, 3.05) is 24.7 Å². The molecule has 6 heterocycles. The maximum Gasteiger partial charge on any atom is 0.472 e.